The third-order valence-corrected chi connectivity index (χ3v) is 6.54. The minimum atomic E-state index is -0.732. The predicted molar refractivity (Wildman–Crippen MR) is 150 cm³/mol. The molecule has 1 amide bonds. The van der Waals surface area contributed by atoms with Gasteiger partial charge in [0.2, 0.25) is 0 Å². The van der Waals surface area contributed by atoms with Crippen LogP contribution in [-0.2, 0) is 20.9 Å². The van der Waals surface area contributed by atoms with Crippen LogP contribution in [0.2, 0.25) is 0 Å². The summed E-state index contributed by atoms with van der Waals surface area (Å²) in [6, 6.07) is 21.6. The maximum Gasteiger partial charge on any atom is 0.295 e. The van der Waals surface area contributed by atoms with Crippen LogP contribution in [0.1, 0.15) is 48.6 Å². The number of carbonyl (C=O) groups excluding carboxylic acids is 2. The number of nitrogens with zero attached hydrogens (tertiary/aromatic N) is 1. The van der Waals surface area contributed by atoms with E-state index in [1.54, 1.807) is 25.3 Å². The zero-order chi connectivity index (χ0) is 27.9. The molecule has 1 saturated heterocycles. The second kappa shape index (κ2) is 12.6. The van der Waals surface area contributed by atoms with E-state index in [1.807, 2.05) is 75.4 Å². The fraction of sp³-hybridized carbons (Fsp3) is 0.312. The second-order valence-electron chi connectivity index (χ2n) is 9.83. The van der Waals surface area contributed by atoms with E-state index < -0.39 is 17.7 Å². The SMILES string of the molecule is COCCCN1C(=O)C(=O)/C(=C(\O)c2ccc(OCc3ccccc3)c(C)c2)C1c1ccc(OC(C)C)cc1. The first kappa shape index (κ1) is 27.9. The zero-order valence-corrected chi connectivity index (χ0v) is 22.8. The summed E-state index contributed by atoms with van der Waals surface area (Å²) < 4.78 is 16.9. The van der Waals surface area contributed by atoms with Crippen LogP contribution < -0.4 is 9.47 Å². The molecule has 7 heteroatoms. The molecule has 1 unspecified atom stereocenters. The molecule has 1 aliphatic rings. The molecule has 0 radical (unpaired) electrons. The highest BCUT2D eigenvalue weighted by Gasteiger charge is 2.45. The lowest BCUT2D eigenvalue weighted by molar-refractivity contribution is -0.140. The van der Waals surface area contributed by atoms with Gasteiger partial charge in [0, 0.05) is 25.8 Å². The molecule has 0 saturated carbocycles. The average Bonchev–Trinajstić information content (AvgIpc) is 3.18. The number of aliphatic hydroxyl groups excluding tert-OH is 1. The van der Waals surface area contributed by atoms with Crippen LogP contribution >= 0.6 is 0 Å². The highest BCUT2D eigenvalue weighted by molar-refractivity contribution is 6.46. The van der Waals surface area contributed by atoms with Gasteiger partial charge in [0.1, 0.15) is 23.9 Å². The van der Waals surface area contributed by atoms with E-state index in [0.29, 0.717) is 48.8 Å². The van der Waals surface area contributed by atoms with Gasteiger partial charge in [-0.05, 0) is 74.2 Å². The summed E-state index contributed by atoms with van der Waals surface area (Å²) in [5.74, 6) is -0.202. The maximum atomic E-state index is 13.3. The molecule has 204 valence electrons. The molecule has 1 heterocycles. The molecule has 3 aromatic rings. The van der Waals surface area contributed by atoms with Crippen molar-refractivity contribution in [2.24, 2.45) is 0 Å². The number of hydrogen-bond donors (Lipinski definition) is 1. The molecule has 0 aromatic heterocycles. The number of carbonyl (C=O) groups is 2. The van der Waals surface area contributed by atoms with Gasteiger partial charge < -0.3 is 24.2 Å². The molecule has 39 heavy (non-hydrogen) atoms. The molecule has 7 nitrogen and oxygen atoms in total. The quantitative estimate of drug-likeness (QED) is 0.146. The third-order valence-electron chi connectivity index (χ3n) is 6.54. The number of ether oxygens (including phenoxy) is 3. The van der Waals surface area contributed by atoms with Crippen molar-refractivity contribution < 1.29 is 28.9 Å². The van der Waals surface area contributed by atoms with Crippen molar-refractivity contribution in [3.63, 3.8) is 0 Å². The van der Waals surface area contributed by atoms with E-state index in [9.17, 15) is 14.7 Å². The van der Waals surface area contributed by atoms with Gasteiger partial charge in [-0.25, -0.2) is 0 Å². The molecule has 0 aliphatic carbocycles. The number of ketones is 1. The lowest BCUT2D eigenvalue weighted by atomic mass is 9.94. The number of aryl methyl sites for hydroxylation is 1. The molecule has 1 aliphatic heterocycles. The monoisotopic (exact) mass is 529 g/mol. The molecule has 1 N–H and O–H groups in total. The minimum Gasteiger partial charge on any atom is -0.507 e. The lowest BCUT2D eigenvalue weighted by Crippen LogP contribution is -2.31. The van der Waals surface area contributed by atoms with E-state index >= 15 is 0 Å². The van der Waals surface area contributed by atoms with Crippen LogP contribution in [0, 0.1) is 6.92 Å². The smallest absolute Gasteiger partial charge is 0.295 e. The largest absolute Gasteiger partial charge is 0.507 e. The van der Waals surface area contributed by atoms with E-state index in [1.165, 1.54) is 4.90 Å². The maximum absolute atomic E-state index is 13.3. The highest BCUT2D eigenvalue weighted by Crippen LogP contribution is 2.40. The fourth-order valence-electron chi connectivity index (χ4n) is 4.69. The predicted octanol–water partition coefficient (Wildman–Crippen LogP) is 5.82. The number of aliphatic hydroxyl groups is 1. The molecule has 4 rings (SSSR count). The van der Waals surface area contributed by atoms with Crippen LogP contribution in [0.15, 0.2) is 78.4 Å². The molecule has 0 bridgehead atoms. The summed E-state index contributed by atoms with van der Waals surface area (Å²) in [5, 5.41) is 11.4. The number of amides is 1. The Balaban J connectivity index is 1.68. The summed E-state index contributed by atoms with van der Waals surface area (Å²) >= 11 is 0. The Bertz CT molecular complexity index is 1330. The van der Waals surface area contributed by atoms with Crippen molar-refractivity contribution in [2.75, 3.05) is 20.3 Å². The van der Waals surface area contributed by atoms with Gasteiger partial charge in [-0.2, -0.15) is 0 Å². The average molecular weight is 530 g/mol. The third kappa shape index (κ3) is 6.49. The molecule has 1 fully saturated rings. The minimum absolute atomic E-state index is 0.0124. The number of benzene rings is 3. The van der Waals surface area contributed by atoms with Crippen LogP contribution in [0.3, 0.4) is 0 Å². The molecular weight excluding hydrogens is 494 g/mol. The summed E-state index contributed by atoms with van der Waals surface area (Å²) in [7, 11) is 1.59. The lowest BCUT2D eigenvalue weighted by Gasteiger charge is -2.25. The highest BCUT2D eigenvalue weighted by atomic mass is 16.5. The molecular formula is C32H35NO6. The van der Waals surface area contributed by atoms with Crippen molar-refractivity contribution in [1.29, 1.82) is 0 Å². The van der Waals surface area contributed by atoms with Gasteiger partial charge in [-0.1, -0.05) is 42.5 Å². The van der Waals surface area contributed by atoms with Crippen molar-refractivity contribution >= 4 is 17.4 Å². The standard InChI is InChI=1S/C32H35NO6/c1-21(2)39-26-14-11-24(12-15-26)29-28(31(35)32(36)33(29)17-8-18-37-4)30(34)25-13-16-27(22(3)19-25)38-20-23-9-6-5-7-10-23/h5-7,9-16,19,21,29,34H,8,17-18,20H2,1-4H3/b30-28-. The summed E-state index contributed by atoms with van der Waals surface area (Å²) in [6.45, 7) is 6.94. The van der Waals surface area contributed by atoms with Crippen molar-refractivity contribution in [3.8, 4) is 11.5 Å². The van der Waals surface area contributed by atoms with Crippen LogP contribution in [0.25, 0.3) is 5.76 Å². The van der Waals surface area contributed by atoms with Gasteiger partial charge in [-0.3, -0.25) is 9.59 Å². The summed E-state index contributed by atoms with van der Waals surface area (Å²) in [4.78, 5) is 27.9. The summed E-state index contributed by atoms with van der Waals surface area (Å²) in [5.41, 5.74) is 3.06. The van der Waals surface area contributed by atoms with Crippen molar-refractivity contribution in [1.82, 2.24) is 4.90 Å². The summed E-state index contributed by atoms with van der Waals surface area (Å²) in [6.07, 6.45) is 0.569. The van der Waals surface area contributed by atoms with Gasteiger partial charge in [-0.15, -0.1) is 0 Å². The van der Waals surface area contributed by atoms with Gasteiger partial charge in [0.25, 0.3) is 11.7 Å². The van der Waals surface area contributed by atoms with Crippen LogP contribution in [0.4, 0.5) is 0 Å². The first-order chi connectivity index (χ1) is 18.8. The second-order valence-corrected chi connectivity index (χ2v) is 9.83. The number of rotatable bonds is 11. The van der Waals surface area contributed by atoms with Crippen molar-refractivity contribution in [2.45, 2.75) is 45.9 Å². The number of likely N-dealkylation sites (tertiary alicyclic amines) is 1. The number of methoxy groups -OCH3 is 1. The Kier molecular flexibility index (Phi) is 9.04. The number of hydrogen-bond acceptors (Lipinski definition) is 6. The Labute approximate surface area is 229 Å². The normalized spacial score (nSPS) is 16.6. The van der Waals surface area contributed by atoms with Gasteiger partial charge in [0.15, 0.2) is 0 Å². The van der Waals surface area contributed by atoms with Crippen LogP contribution in [0.5, 0.6) is 11.5 Å². The Morgan fingerprint density at radius 1 is 1.00 bits per heavy atom. The zero-order valence-electron chi connectivity index (χ0n) is 22.8. The number of Topliss-reactive ketones (excluding diaryl/α,β-unsaturated/α-hetero) is 1. The Morgan fingerprint density at radius 3 is 2.36 bits per heavy atom. The first-order valence-electron chi connectivity index (χ1n) is 13.1. The molecule has 3 aromatic carbocycles. The van der Waals surface area contributed by atoms with E-state index in [0.717, 1.165) is 11.1 Å². The van der Waals surface area contributed by atoms with Gasteiger partial charge in [0.05, 0.1) is 17.7 Å². The Morgan fingerprint density at radius 2 is 1.72 bits per heavy atom. The first-order valence-corrected chi connectivity index (χ1v) is 13.1. The van der Waals surface area contributed by atoms with Gasteiger partial charge >= 0.3 is 0 Å². The van der Waals surface area contributed by atoms with E-state index in [2.05, 4.69) is 0 Å². The molecule has 0 spiro atoms. The molecule has 1 atom stereocenters. The van der Waals surface area contributed by atoms with Crippen molar-refractivity contribution in [3.05, 3.63) is 101 Å². The van der Waals surface area contributed by atoms with E-state index in [-0.39, 0.29) is 17.4 Å². The topological polar surface area (TPSA) is 85.3 Å². The fourth-order valence-corrected chi connectivity index (χ4v) is 4.69. The Hall–Kier alpha value is -4.10. The van der Waals surface area contributed by atoms with Crippen LogP contribution in [-0.4, -0.2) is 48.1 Å². The van der Waals surface area contributed by atoms with E-state index in [4.69, 9.17) is 14.2 Å².